The summed E-state index contributed by atoms with van der Waals surface area (Å²) in [5, 5.41) is 3.10. The van der Waals surface area contributed by atoms with Crippen LogP contribution in [0.2, 0.25) is 0 Å². The number of benzene rings is 1. The normalized spacial score (nSPS) is 17.4. The van der Waals surface area contributed by atoms with Gasteiger partial charge in [-0.05, 0) is 55.1 Å². The fourth-order valence-electron chi connectivity index (χ4n) is 3.66. The number of methoxy groups -OCH3 is 2. The summed E-state index contributed by atoms with van der Waals surface area (Å²) in [5.74, 6) is 3.17. The fourth-order valence-corrected chi connectivity index (χ4v) is 3.66. The van der Waals surface area contributed by atoms with E-state index in [9.17, 15) is 4.79 Å². The molecule has 28 heavy (non-hydrogen) atoms. The number of piperidine rings is 1. The molecule has 1 atom stereocenters. The van der Waals surface area contributed by atoms with Gasteiger partial charge in [0, 0.05) is 20.2 Å². The molecule has 0 radical (unpaired) electrons. The van der Waals surface area contributed by atoms with Gasteiger partial charge >= 0.3 is 0 Å². The van der Waals surface area contributed by atoms with Crippen molar-refractivity contribution in [1.29, 1.82) is 0 Å². The first-order valence-electron chi connectivity index (χ1n) is 9.84. The number of carbonyl (C=O) groups excluding carboxylic acids is 1. The minimum Gasteiger partial charge on any atom is -0.497 e. The molecule has 0 aliphatic carbocycles. The van der Waals surface area contributed by atoms with Crippen molar-refractivity contribution >= 4 is 5.91 Å². The molecule has 2 aromatic rings. The van der Waals surface area contributed by atoms with Crippen LogP contribution in [0.1, 0.15) is 29.9 Å². The summed E-state index contributed by atoms with van der Waals surface area (Å²) in [7, 11) is 3.31. The molecule has 0 saturated carbocycles. The Morgan fingerprint density at radius 3 is 2.71 bits per heavy atom. The highest BCUT2D eigenvalue weighted by atomic mass is 16.5. The third kappa shape index (κ3) is 6.11. The first-order chi connectivity index (χ1) is 13.7. The van der Waals surface area contributed by atoms with Crippen LogP contribution in [0.4, 0.5) is 0 Å². The molecule has 1 fully saturated rings. The van der Waals surface area contributed by atoms with Gasteiger partial charge in [0.15, 0.2) is 0 Å². The molecule has 0 unspecified atom stereocenters. The first kappa shape index (κ1) is 20.4. The lowest BCUT2D eigenvalue weighted by Crippen LogP contribution is -2.40. The molecule has 6 nitrogen and oxygen atoms in total. The first-order valence-corrected chi connectivity index (χ1v) is 9.84. The highest BCUT2D eigenvalue weighted by molar-refractivity contribution is 5.78. The van der Waals surface area contributed by atoms with Crippen LogP contribution in [0.5, 0.6) is 5.75 Å². The van der Waals surface area contributed by atoms with Crippen LogP contribution in [0.3, 0.4) is 0 Å². The Bertz CT molecular complexity index is 741. The maximum absolute atomic E-state index is 12.3. The van der Waals surface area contributed by atoms with Crippen LogP contribution < -0.4 is 10.1 Å². The summed E-state index contributed by atoms with van der Waals surface area (Å²) in [6, 6.07) is 11.6. The second-order valence-corrected chi connectivity index (χ2v) is 7.37. The van der Waals surface area contributed by atoms with Crippen molar-refractivity contribution in [2.24, 2.45) is 5.92 Å². The monoisotopic (exact) mass is 386 g/mol. The molecule has 3 rings (SSSR count). The number of nitrogens with one attached hydrogen (secondary N) is 1. The Labute approximate surface area is 166 Å². The Kier molecular flexibility index (Phi) is 7.51. The summed E-state index contributed by atoms with van der Waals surface area (Å²) < 4.78 is 16.0. The van der Waals surface area contributed by atoms with Crippen molar-refractivity contribution in [3.8, 4) is 5.75 Å². The molecule has 1 aliphatic heterocycles. The van der Waals surface area contributed by atoms with E-state index < -0.39 is 0 Å². The van der Waals surface area contributed by atoms with Crippen molar-refractivity contribution in [2.75, 3.05) is 33.9 Å². The minimum atomic E-state index is 0.0672. The van der Waals surface area contributed by atoms with Crippen molar-refractivity contribution < 1.29 is 18.7 Å². The second-order valence-electron chi connectivity index (χ2n) is 7.37. The molecule has 152 valence electrons. The zero-order chi connectivity index (χ0) is 19.8. The van der Waals surface area contributed by atoms with Crippen molar-refractivity contribution in [2.45, 2.75) is 32.4 Å². The standard InChI is InChI=1S/C22H30N2O4/c1-26-16-21-10-9-20(28-21)15-24-11-3-4-18(14-24)13-23-22(25)12-17-5-7-19(27-2)8-6-17/h5-10,18H,3-4,11-16H2,1-2H3,(H,23,25)/t18-/m0/s1. The average molecular weight is 386 g/mol. The van der Waals surface area contributed by atoms with E-state index in [1.165, 1.54) is 0 Å². The molecular weight excluding hydrogens is 356 g/mol. The molecule has 1 N–H and O–H groups in total. The zero-order valence-corrected chi connectivity index (χ0v) is 16.8. The van der Waals surface area contributed by atoms with Crippen LogP contribution in [-0.4, -0.2) is 44.7 Å². The van der Waals surface area contributed by atoms with Gasteiger partial charge < -0.3 is 19.2 Å². The van der Waals surface area contributed by atoms with Gasteiger partial charge in [-0.15, -0.1) is 0 Å². The van der Waals surface area contributed by atoms with E-state index in [-0.39, 0.29) is 5.91 Å². The minimum absolute atomic E-state index is 0.0672. The highest BCUT2D eigenvalue weighted by Gasteiger charge is 2.21. The van der Waals surface area contributed by atoms with Crippen LogP contribution in [-0.2, 0) is 29.1 Å². The third-order valence-corrected chi connectivity index (χ3v) is 5.10. The number of hydrogen-bond acceptors (Lipinski definition) is 5. The number of likely N-dealkylation sites (tertiary alicyclic amines) is 1. The molecule has 1 aliphatic rings. The van der Waals surface area contributed by atoms with E-state index in [0.29, 0.717) is 18.9 Å². The Balaban J connectivity index is 1.41. The van der Waals surface area contributed by atoms with Crippen LogP contribution in [0.25, 0.3) is 0 Å². The maximum atomic E-state index is 12.3. The van der Waals surface area contributed by atoms with Gasteiger partial charge in [-0.25, -0.2) is 0 Å². The Morgan fingerprint density at radius 1 is 1.18 bits per heavy atom. The zero-order valence-electron chi connectivity index (χ0n) is 16.8. The predicted octanol–water partition coefficient (Wildman–Crippen LogP) is 3.01. The number of ether oxygens (including phenoxy) is 2. The number of carbonyl (C=O) groups is 1. The highest BCUT2D eigenvalue weighted by Crippen LogP contribution is 2.19. The quantitative estimate of drug-likeness (QED) is 0.718. The largest absolute Gasteiger partial charge is 0.497 e. The molecule has 2 heterocycles. The Hall–Kier alpha value is -2.31. The number of nitrogens with zero attached hydrogens (tertiary/aromatic N) is 1. The molecule has 0 spiro atoms. The molecule has 1 aromatic heterocycles. The molecule has 1 aromatic carbocycles. The molecular formula is C22H30N2O4. The summed E-state index contributed by atoms with van der Waals surface area (Å²) in [4.78, 5) is 14.7. The number of amides is 1. The predicted molar refractivity (Wildman–Crippen MR) is 107 cm³/mol. The summed E-state index contributed by atoms with van der Waals surface area (Å²) in [5.41, 5.74) is 0.994. The van der Waals surface area contributed by atoms with E-state index in [0.717, 1.165) is 61.9 Å². The lowest BCUT2D eigenvalue weighted by molar-refractivity contribution is -0.120. The van der Waals surface area contributed by atoms with Crippen LogP contribution in [0.15, 0.2) is 40.8 Å². The van der Waals surface area contributed by atoms with Crippen molar-refractivity contribution in [1.82, 2.24) is 10.2 Å². The lowest BCUT2D eigenvalue weighted by atomic mass is 9.97. The second kappa shape index (κ2) is 10.3. The van der Waals surface area contributed by atoms with Crippen LogP contribution in [0, 0.1) is 5.92 Å². The SMILES string of the molecule is COCc1ccc(CN2CCC[C@@H](CNC(=O)Cc3ccc(OC)cc3)C2)o1. The van der Waals surface area contributed by atoms with Gasteiger partial charge in [-0.3, -0.25) is 9.69 Å². The molecule has 6 heteroatoms. The maximum Gasteiger partial charge on any atom is 0.224 e. The Morgan fingerprint density at radius 2 is 1.96 bits per heavy atom. The summed E-state index contributed by atoms with van der Waals surface area (Å²) in [6.07, 6.45) is 2.69. The van der Waals surface area contributed by atoms with Gasteiger partial charge in [-0.1, -0.05) is 12.1 Å². The lowest BCUT2D eigenvalue weighted by Gasteiger charge is -2.32. The smallest absolute Gasteiger partial charge is 0.224 e. The third-order valence-electron chi connectivity index (χ3n) is 5.10. The van der Waals surface area contributed by atoms with E-state index in [2.05, 4.69) is 10.2 Å². The van der Waals surface area contributed by atoms with Gasteiger partial charge in [0.2, 0.25) is 5.91 Å². The molecule has 1 saturated heterocycles. The van der Waals surface area contributed by atoms with E-state index in [4.69, 9.17) is 13.9 Å². The number of rotatable bonds is 9. The topological polar surface area (TPSA) is 63.9 Å². The fraction of sp³-hybridized carbons (Fsp3) is 0.500. The van der Waals surface area contributed by atoms with Crippen LogP contribution >= 0.6 is 0 Å². The van der Waals surface area contributed by atoms with Gasteiger partial charge in [0.05, 0.1) is 20.1 Å². The van der Waals surface area contributed by atoms with Gasteiger partial charge in [0.1, 0.15) is 23.9 Å². The molecule has 1 amide bonds. The average Bonchev–Trinajstić information content (AvgIpc) is 3.14. The van der Waals surface area contributed by atoms with Crippen molar-refractivity contribution in [3.05, 3.63) is 53.5 Å². The van der Waals surface area contributed by atoms with E-state index in [1.54, 1.807) is 14.2 Å². The van der Waals surface area contributed by atoms with Gasteiger partial charge in [-0.2, -0.15) is 0 Å². The summed E-state index contributed by atoms with van der Waals surface area (Å²) in [6.45, 7) is 4.07. The van der Waals surface area contributed by atoms with Crippen molar-refractivity contribution in [3.63, 3.8) is 0 Å². The van der Waals surface area contributed by atoms with E-state index >= 15 is 0 Å². The van der Waals surface area contributed by atoms with Gasteiger partial charge in [0.25, 0.3) is 0 Å². The summed E-state index contributed by atoms with van der Waals surface area (Å²) >= 11 is 0. The number of hydrogen-bond donors (Lipinski definition) is 1. The van der Waals surface area contributed by atoms with E-state index in [1.807, 2.05) is 36.4 Å². The molecule has 0 bridgehead atoms. The number of furan rings is 1.